The van der Waals surface area contributed by atoms with Crippen molar-refractivity contribution in [3.8, 4) is 0 Å². The van der Waals surface area contributed by atoms with Crippen molar-refractivity contribution < 1.29 is 9.47 Å². The molecule has 10 heavy (non-hydrogen) atoms. The fourth-order valence-electron chi connectivity index (χ4n) is 0.371. The zero-order chi connectivity index (χ0) is 7.98. The van der Waals surface area contributed by atoms with Crippen LogP contribution in [0, 0.1) is 0 Å². The lowest BCUT2D eigenvalue weighted by Gasteiger charge is -2.06. The Morgan fingerprint density at radius 1 is 1.30 bits per heavy atom. The topological polar surface area (TPSA) is 18.5 Å². The van der Waals surface area contributed by atoms with Crippen molar-refractivity contribution in [2.24, 2.45) is 0 Å². The summed E-state index contributed by atoms with van der Waals surface area (Å²) in [6, 6.07) is 0. The Balaban J connectivity index is 3.31. The summed E-state index contributed by atoms with van der Waals surface area (Å²) in [5.41, 5.74) is 0.858. The zero-order valence-corrected chi connectivity index (χ0v) is 6.64. The van der Waals surface area contributed by atoms with Gasteiger partial charge in [-0.05, 0) is 12.5 Å². The fourth-order valence-corrected chi connectivity index (χ4v) is 0.371. The molecule has 0 saturated heterocycles. The minimum Gasteiger partial charge on any atom is -0.492 e. The lowest BCUT2D eigenvalue weighted by molar-refractivity contribution is 0.113. The second-order valence-electron chi connectivity index (χ2n) is 2.04. The Morgan fingerprint density at radius 2 is 1.90 bits per heavy atom. The maximum absolute atomic E-state index is 5.12. The summed E-state index contributed by atoms with van der Waals surface area (Å²) >= 11 is 0. The zero-order valence-electron chi connectivity index (χ0n) is 6.64. The third-order valence-electron chi connectivity index (χ3n) is 1.04. The average molecular weight is 142 g/mol. The maximum Gasteiger partial charge on any atom is 0.114 e. The molecule has 0 heterocycles. The number of rotatable bonds is 5. The van der Waals surface area contributed by atoms with Gasteiger partial charge in [-0.3, -0.25) is 0 Å². The third-order valence-corrected chi connectivity index (χ3v) is 1.04. The van der Waals surface area contributed by atoms with Gasteiger partial charge in [-0.2, -0.15) is 0 Å². The van der Waals surface area contributed by atoms with E-state index in [0.717, 1.165) is 5.57 Å². The van der Waals surface area contributed by atoms with Gasteiger partial charge >= 0.3 is 0 Å². The SMILES string of the molecule is C=C(C)C(=C)OCCOC. The van der Waals surface area contributed by atoms with Crippen molar-refractivity contribution in [2.45, 2.75) is 6.92 Å². The van der Waals surface area contributed by atoms with Crippen LogP contribution in [0.25, 0.3) is 0 Å². The highest BCUT2D eigenvalue weighted by atomic mass is 16.5. The first kappa shape index (κ1) is 9.24. The van der Waals surface area contributed by atoms with E-state index in [-0.39, 0.29) is 0 Å². The molecule has 0 aliphatic rings. The molecule has 0 radical (unpaired) electrons. The quantitative estimate of drug-likeness (QED) is 0.330. The summed E-state index contributed by atoms with van der Waals surface area (Å²) in [5, 5.41) is 0. The molecule has 0 fully saturated rings. The van der Waals surface area contributed by atoms with E-state index in [4.69, 9.17) is 9.47 Å². The van der Waals surface area contributed by atoms with Crippen LogP contribution in [-0.2, 0) is 9.47 Å². The molecule has 0 unspecified atom stereocenters. The summed E-state index contributed by atoms with van der Waals surface area (Å²) in [5.74, 6) is 0.636. The van der Waals surface area contributed by atoms with Gasteiger partial charge in [0, 0.05) is 7.11 Å². The molecule has 0 aliphatic carbocycles. The Morgan fingerprint density at radius 3 is 2.30 bits per heavy atom. The standard InChI is InChI=1S/C8H14O2/c1-7(2)8(3)10-6-5-9-4/h1,3,5-6H2,2,4H3. The first-order valence-electron chi connectivity index (χ1n) is 3.15. The van der Waals surface area contributed by atoms with E-state index in [2.05, 4.69) is 13.2 Å². The average Bonchev–Trinajstić information content (AvgIpc) is 1.88. The minimum atomic E-state index is 0.544. The van der Waals surface area contributed by atoms with Crippen LogP contribution in [0.2, 0.25) is 0 Å². The van der Waals surface area contributed by atoms with Crippen molar-refractivity contribution >= 4 is 0 Å². The normalized spacial score (nSPS) is 9.00. The molecule has 2 nitrogen and oxygen atoms in total. The van der Waals surface area contributed by atoms with Crippen molar-refractivity contribution in [3.63, 3.8) is 0 Å². The Hall–Kier alpha value is -0.760. The van der Waals surface area contributed by atoms with Gasteiger partial charge in [0.1, 0.15) is 12.4 Å². The molecule has 58 valence electrons. The summed E-state index contributed by atoms with van der Waals surface area (Å²) in [7, 11) is 1.63. The molecule has 0 aromatic carbocycles. The predicted octanol–water partition coefficient (Wildman–Crippen LogP) is 1.74. The highest BCUT2D eigenvalue weighted by Gasteiger charge is 1.92. The van der Waals surface area contributed by atoms with Gasteiger partial charge in [-0.1, -0.05) is 13.2 Å². The van der Waals surface area contributed by atoms with E-state index < -0.39 is 0 Å². The van der Waals surface area contributed by atoms with E-state index in [0.29, 0.717) is 19.0 Å². The summed E-state index contributed by atoms with van der Waals surface area (Å²) in [6.45, 7) is 10.3. The van der Waals surface area contributed by atoms with Crippen LogP contribution in [-0.4, -0.2) is 20.3 Å². The molecular formula is C8H14O2. The minimum absolute atomic E-state index is 0.544. The van der Waals surface area contributed by atoms with Gasteiger partial charge in [0.2, 0.25) is 0 Å². The smallest absolute Gasteiger partial charge is 0.114 e. The van der Waals surface area contributed by atoms with E-state index in [1.807, 2.05) is 6.92 Å². The first-order valence-corrected chi connectivity index (χ1v) is 3.15. The molecule has 0 aromatic rings. The predicted molar refractivity (Wildman–Crippen MR) is 41.8 cm³/mol. The highest BCUT2D eigenvalue weighted by molar-refractivity contribution is 5.15. The van der Waals surface area contributed by atoms with E-state index in [1.54, 1.807) is 7.11 Å². The summed E-state index contributed by atoms with van der Waals surface area (Å²) in [6.07, 6.45) is 0. The Kier molecular flexibility index (Phi) is 4.67. The molecule has 0 aliphatic heterocycles. The number of methoxy groups -OCH3 is 1. The molecule has 0 rings (SSSR count). The van der Waals surface area contributed by atoms with Crippen LogP contribution in [0.15, 0.2) is 24.5 Å². The molecule has 2 heteroatoms. The first-order chi connectivity index (χ1) is 4.68. The molecular weight excluding hydrogens is 128 g/mol. The van der Waals surface area contributed by atoms with Crippen molar-refractivity contribution in [3.05, 3.63) is 24.5 Å². The largest absolute Gasteiger partial charge is 0.492 e. The van der Waals surface area contributed by atoms with Crippen molar-refractivity contribution in [2.75, 3.05) is 20.3 Å². The molecule has 0 aromatic heterocycles. The second-order valence-corrected chi connectivity index (χ2v) is 2.04. The van der Waals surface area contributed by atoms with Crippen LogP contribution in [0.5, 0.6) is 0 Å². The monoisotopic (exact) mass is 142 g/mol. The van der Waals surface area contributed by atoms with Gasteiger partial charge < -0.3 is 9.47 Å². The van der Waals surface area contributed by atoms with Gasteiger partial charge in [-0.25, -0.2) is 0 Å². The molecule has 0 saturated carbocycles. The number of hydrogen-bond donors (Lipinski definition) is 0. The Labute approximate surface area is 62.1 Å². The molecule has 0 atom stereocenters. The maximum atomic E-state index is 5.12. The van der Waals surface area contributed by atoms with Crippen molar-refractivity contribution in [1.29, 1.82) is 0 Å². The second kappa shape index (κ2) is 5.06. The highest BCUT2D eigenvalue weighted by Crippen LogP contribution is 2.03. The van der Waals surface area contributed by atoms with Crippen LogP contribution in [0.1, 0.15) is 6.92 Å². The Bertz CT molecular complexity index is 127. The van der Waals surface area contributed by atoms with Crippen LogP contribution < -0.4 is 0 Å². The lowest BCUT2D eigenvalue weighted by Crippen LogP contribution is -2.01. The molecule has 0 amide bonds. The van der Waals surface area contributed by atoms with Gasteiger partial charge in [0.25, 0.3) is 0 Å². The third kappa shape index (κ3) is 4.15. The lowest BCUT2D eigenvalue weighted by atomic mass is 10.3. The van der Waals surface area contributed by atoms with Crippen LogP contribution in [0.4, 0.5) is 0 Å². The van der Waals surface area contributed by atoms with Gasteiger partial charge in [0.05, 0.1) is 6.61 Å². The van der Waals surface area contributed by atoms with E-state index in [9.17, 15) is 0 Å². The van der Waals surface area contributed by atoms with E-state index >= 15 is 0 Å². The van der Waals surface area contributed by atoms with Crippen LogP contribution in [0.3, 0.4) is 0 Å². The van der Waals surface area contributed by atoms with E-state index in [1.165, 1.54) is 0 Å². The molecule has 0 spiro atoms. The number of ether oxygens (including phenoxy) is 2. The summed E-state index contributed by atoms with van der Waals surface area (Å²) in [4.78, 5) is 0. The van der Waals surface area contributed by atoms with Crippen molar-refractivity contribution in [1.82, 2.24) is 0 Å². The van der Waals surface area contributed by atoms with Gasteiger partial charge in [-0.15, -0.1) is 0 Å². The number of hydrogen-bond acceptors (Lipinski definition) is 2. The van der Waals surface area contributed by atoms with Crippen LogP contribution >= 0.6 is 0 Å². The molecule has 0 bridgehead atoms. The fraction of sp³-hybridized carbons (Fsp3) is 0.500. The van der Waals surface area contributed by atoms with Gasteiger partial charge in [0.15, 0.2) is 0 Å². The molecule has 0 N–H and O–H groups in total. The number of allylic oxidation sites excluding steroid dienone is 1. The summed E-state index contributed by atoms with van der Waals surface area (Å²) < 4.78 is 9.90.